The van der Waals surface area contributed by atoms with Crippen molar-refractivity contribution in [2.24, 2.45) is 17.8 Å². The van der Waals surface area contributed by atoms with E-state index in [1.807, 2.05) is 36.4 Å². The molecule has 7 rings (SSSR count). The molecule has 3 aromatic rings. The molecule has 3 fully saturated rings. The number of likely N-dealkylation sites (tertiary alicyclic amines) is 1. The van der Waals surface area contributed by atoms with Crippen LogP contribution in [0.2, 0.25) is 0 Å². The number of anilines is 3. The monoisotopic (exact) mass is 723 g/mol. The van der Waals surface area contributed by atoms with Gasteiger partial charge < -0.3 is 15.2 Å². The van der Waals surface area contributed by atoms with Crippen molar-refractivity contribution >= 4 is 79.8 Å². The number of hydrogen-bond donors (Lipinski definition) is 2. The number of hydrogen-bond acceptors (Lipinski definition) is 7. The first-order valence-corrected chi connectivity index (χ1v) is 16.6. The van der Waals surface area contributed by atoms with E-state index in [-0.39, 0.29) is 35.7 Å². The summed E-state index contributed by atoms with van der Waals surface area (Å²) in [5, 5.41) is 13.5. The van der Waals surface area contributed by atoms with Crippen LogP contribution in [0.4, 0.5) is 17.1 Å². The van der Waals surface area contributed by atoms with E-state index in [2.05, 4.69) is 21.2 Å². The highest BCUT2D eigenvalue weighted by Gasteiger charge is 2.76. The molecule has 46 heavy (non-hydrogen) atoms. The van der Waals surface area contributed by atoms with Crippen LogP contribution in [0, 0.1) is 17.8 Å². The smallest absolute Gasteiger partial charge is 0.254 e. The van der Waals surface area contributed by atoms with Crippen molar-refractivity contribution in [2.45, 2.75) is 28.5 Å². The van der Waals surface area contributed by atoms with E-state index < -0.39 is 51.1 Å². The van der Waals surface area contributed by atoms with Crippen LogP contribution in [0.3, 0.4) is 0 Å². The first-order valence-electron chi connectivity index (χ1n) is 14.7. The number of fused-ring (bicyclic) bond motifs is 4. The fraction of sp³-hybridized carbons (Fsp3) is 0.294. The Morgan fingerprint density at radius 1 is 0.935 bits per heavy atom. The first kappa shape index (κ1) is 30.8. The highest BCUT2D eigenvalue weighted by Crippen LogP contribution is 2.66. The summed E-state index contributed by atoms with van der Waals surface area (Å²) in [7, 11) is 1.42. The van der Waals surface area contributed by atoms with E-state index in [0.717, 1.165) is 16.3 Å². The number of benzene rings is 3. The lowest BCUT2D eigenvalue weighted by atomic mass is 9.56. The van der Waals surface area contributed by atoms with E-state index in [4.69, 9.17) is 27.9 Å². The van der Waals surface area contributed by atoms with Crippen LogP contribution in [-0.4, -0.2) is 55.9 Å². The molecule has 2 N–H and O–H groups in total. The van der Waals surface area contributed by atoms with Crippen LogP contribution >= 0.6 is 39.1 Å². The number of carbonyl (C=O) groups is 4. The number of para-hydroxylation sites is 1. The van der Waals surface area contributed by atoms with E-state index in [9.17, 15) is 24.3 Å². The van der Waals surface area contributed by atoms with E-state index in [1.54, 1.807) is 30.3 Å². The molecule has 4 aliphatic rings. The number of nitrogens with one attached hydrogen (secondary N) is 1. The van der Waals surface area contributed by atoms with Gasteiger partial charge in [0.1, 0.15) is 11.5 Å². The Labute approximate surface area is 283 Å². The Balaban J connectivity index is 1.29. The molecule has 0 spiro atoms. The van der Waals surface area contributed by atoms with Crippen molar-refractivity contribution in [1.29, 1.82) is 0 Å². The molecule has 236 valence electrons. The molecular formula is C34H28BrCl2N3O6. The zero-order valence-electron chi connectivity index (χ0n) is 24.5. The number of nitrogens with zero attached hydrogens (tertiary/aromatic N) is 2. The molecule has 0 bridgehead atoms. The standard InChI is InChI=1S/C34H28BrCl2N3O6/c1-46-26-15-21(41)11-12-23(26)28-22-13-14-24-27(25(22)16-33(36)31(44)39(17-35)32(45)34(28,33)37)30(43)40(29(24)42)20-9-7-19(8-10-20)38-18-5-3-2-4-6-18/h2-13,15,24-25,27-28,38,41H,14,16-17H2,1H3. The van der Waals surface area contributed by atoms with Gasteiger partial charge in [0.05, 0.1) is 30.1 Å². The van der Waals surface area contributed by atoms with Crippen LogP contribution in [0.15, 0.2) is 84.4 Å². The summed E-state index contributed by atoms with van der Waals surface area (Å²) in [6, 6.07) is 21.1. The topological polar surface area (TPSA) is 116 Å². The number of ether oxygens (including phenoxy) is 1. The molecule has 0 radical (unpaired) electrons. The van der Waals surface area contributed by atoms with Crippen LogP contribution in [0.1, 0.15) is 24.3 Å². The van der Waals surface area contributed by atoms with Gasteiger partial charge in [-0.15, -0.1) is 23.2 Å². The molecule has 3 aromatic carbocycles. The number of carbonyl (C=O) groups excluding carboxylic acids is 4. The summed E-state index contributed by atoms with van der Waals surface area (Å²) in [6.07, 6.45) is 1.97. The number of imide groups is 2. The van der Waals surface area contributed by atoms with Gasteiger partial charge in [-0.1, -0.05) is 51.8 Å². The summed E-state index contributed by atoms with van der Waals surface area (Å²) >= 11 is 17.8. The maximum absolute atomic E-state index is 14.3. The zero-order chi connectivity index (χ0) is 32.5. The molecule has 4 amide bonds. The maximum atomic E-state index is 14.3. The number of halogens is 3. The summed E-state index contributed by atoms with van der Waals surface area (Å²) in [6.45, 7) is 0. The molecule has 2 aliphatic carbocycles. The number of methoxy groups -OCH3 is 1. The van der Waals surface area contributed by atoms with E-state index in [0.29, 0.717) is 16.8 Å². The summed E-state index contributed by atoms with van der Waals surface area (Å²) in [5.74, 6) is -5.12. The minimum atomic E-state index is -1.97. The molecule has 0 aromatic heterocycles. The minimum absolute atomic E-state index is 0.0699. The molecule has 2 saturated heterocycles. The molecular weight excluding hydrogens is 697 g/mol. The number of allylic oxidation sites excluding steroid dienone is 2. The van der Waals surface area contributed by atoms with Gasteiger partial charge in [-0.3, -0.25) is 29.0 Å². The molecule has 6 unspecified atom stereocenters. The third-order valence-corrected chi connectivity index (χ3v) is 11.6. The molecule has 6 atom stereocenters. The normalized spacial score (nSPS) is 30.1. The second-order valence-corrected chi connectivity index (χ2v) is 13.7. The van der Waals surface area contributed by atoms with Crippen molar-refractivity contribution in [3.8, 4) is 11.5 Å². The van der Waals surface area contributed by atoms with Gasteiger partial charge in [-0.25, -0.2) is 0 Å². The van der Waals surface area contributed by atoms with Crippen molar-refractivity contribution in [1.82, 2.24) is 4.90 Å². The second-order valence-electron chi connectivity index (χ2n) is 12.0. The van der Waals surface area contributed by atoms with Gasteiger partial charge in [-0.2, -0.15) is 0 Å². The number of amides is 4. The molecule has 2 heterocycles. The van der Waals surface area contributed by atoms with Gasteiger partial charge in [-0.05, 0) is 61.2 Å². The van der Waals surface area contributed by atoms with Crippen LogP contribution < -0.4 is 15.0 Å². The van der Waals surface area contributed by atoms with E-state index in [1.165, 1.54) is 24.1 Å². The van der Waals surface area contributed by atoms with Crippen LogP contribution in [0.5, 0.6) is 11.5 Å². The number of phenols is 1. The average molecular weight is 725 g/mol. The fourth-order valence-corrected chi connectivity index (χ4v) is 9.09. The second kappa shape index (κ2) is 11.1. The highest BCUT2D eigenvalue weighted by molar-refractivity contribution is 9.09. The molecule has 2 aliphatic heterocycles. The number of alkyl halides is 3. The van der Waals surface area contributed by atoms with Crippen molar-refractivity contribution < 1.29 is 29.0 Å². The predicted molar refractivity (Wildman–Crippen MR) is 177 cm³/mol. The Hall–Kier alpha value is -3.86. The third kappa shape index (κ3) is 4.26. The largest absolute Gasteiger partial charge is 0.508 e. The van der Waals surface area contributed by atoms with Gasteiger partial charge in [0.15, 0.2) is 9.75 Å². The summed E-state index contributed by atoms with van der Waals surface area (Å²) in [5.41, 5.74) is 3.07. The Morgan fingerprint density at radius 2 is 1.63 bits per heavy atom. The Kier molecular flexibility index (Phi) is 7.45. The summed E-state index contributed by atoms with van der Waals surface area (Å²) in [4.78, 5) is 54.3. The van der Waals surface area contributed by atoms with Crippen molar-refractivity contribution in [3.05, 3.63) is 90.0 Å². The highest BCUT2D eigenvalue weighted by atomic mass is 79.9. The number of phenolic OH excluding ortho intramolecular Hbond substituents is 1. The fourth-order valence-electron chi connectivity index (χ4n) is 7.67. The van der Waals surface area contributed by atoms with Gasteiger partial charge in [0.25, 0.3) is 11.8 Å². The third-order valence-electron chi connectivity index (χ3n) is 9.73. The molecule has 12 heteroatoms. The zero-order valence-corrected chi connectivity index (χ0v) is 27.6. The quantitative estimate of drug-likeness (QED) is 0.138. The van der Waals surface area contributed by atoms with Crippen molar-refractivity contribution in [3.63, 3.8) is 0 Å². The Bertz CT molecular complexity index is 1820. The predicted octanol–water partition coefficient (Wildman–Crippen LogP) is 6.06. The number of aromatic hydroxyl groups is 1. The molecule has 1 saturated carbocycles. The van der Waals surface area contributed by atoms with Crippen molar-refractivity contribution in [2.75, 3.05) is 22.8 Å². The average Bonchev–Trinajstić information content (AvgIpc) is 3.39. The van der Waals surface area contributed by atoms with Gasteiger partial charge in [0, 0.05) is 28.9 Å². The van der Waals surface area contributed by atoms with E-state index >= 15 is 0 Å². The maximum Gasteiger partial charge on any atom is 0.254 e. The van der Waals surface area contributed by atoms with Crippen LogP contribution in [0.25, 0.3) is 0 Å². The lowest BCUT2D eigenvalue weighted by molar-refractivity contribution is -0.138. The van der Waals surface area contributed by atoms with Gasteiger partial charge in [0.2, 0.25) is 11.8 Å². The minimum Gasteiger partial charge on any atom is -0.508 e. The Morgan fingerprint density at radius 3 is 2.30 bits per heavy atom. The lowest BCUT2D eigenvalue weighted by Gasteiger charge is -2.50. The number of rotatable bonds is 6. The lowest BCUT2D eigenvalue weighted by Crippen LogP contribution is -2.60. The summed E-state index contributed by atoms with van der Waals surface area (Å²) < 4.78 is 5.61. The first-order chi connectivity index (χ1) is 22.0. The SMILES string of the molecule is COc1cc(O)ccc1C1C2=CCC3C(=O)N(c4ccc(Nc5ccccc5)cc4)C(=O)C3C2CC2(Cl)C(=O)N(CBr)C(=O)C12Cl. The van der Waals surface area contributed by atoms with Crippen LogP contribution in [-0.2, 0) is 19.2 Å². The molecule has 9 nitrogen and oxygen atoms in total. The van der Waals surface area contributed by atoms with Gasteiger partial charge >= 0.3 is 0 Å².